The van der Waals surface area contributed by atoms with E-state index in [0.29, 0.717) is 0 Å². The van der Waals surface area contributed by atoms with Gasteiger partial charge in [0.05, 0.1) is 52.9 Å². The zero-order valence-electron chi connectivity index (χ0n) is 17.7. The summed E-state index contributed by atoms with van der Waals surface area (Å²) < 4.78 is 147. The molecule has 2 aromatic carbocycles. The summed E-state index contributed by atoms with van der Waals surface area (Å²) in [6.07, 6.45) is 0. The summed E-state index contributed by atoms with van der Waals surface area (Å²) in [4.78, 5) is 0. The Morgan fingerprint density at radius 1 is 0.333 bits per heavy atom. The molecule has 0 unspecified atom stereocenters. The minimum Gasteiger partial charge on any atom is 0 e. The second-order valence-corrected chi connectivity index (χ2v) is 7.47. The fourth-order valence-corrected chi connectivity index (χ4v) is 3.34. The molecule has 16 heteroatoms. The van der Waals surface area contributed by atoms with Gasteiger partial charge in [0.15, 0.2) is 0 Å². The first kappa shape index (κ1) is 32.6. The molecule has 0 N–H and O–H groups in total. The van der Waals surface area contributed by atoms with Crippen molar-refractivity contribution in [3.8, 4) is 0 Å². The Morgan fingerprint density at radius 2 is 0.500 bits per heavy atom. The predicted molar refractivity (Wildman–Crippen MR) is 95.0 cm³/mol. The number of hydrogen-bond acceptors (Lipinski definition) is 4. The fraction of sp³-hybridized carbons (Fsp3) is 0.400. The van der Waals surface area contributed by atoms with Gasteiger partial charge in [-0.25, -0.2) is 0 Å². The van der Waals surface area contributed by atoms with Crippen LogP contribution in [-0.2, 0) is 49.9 Å². The van der Waals surface area contributed by atoms with Crippen molar-refractivity contribution in [1.29, 1.82) is 0 Å². The van der Waals surface area contributed by atoms with Gasteiger partial charge in [-0.3, -0.25) is 0 Å². The molecule has 2 fully saturated rings. The molecule has 2 heterocycles. The van der Waals surface area contributed by atoms with Gasteiger partial charge >= 0.3 is 126 Å². The molecule has 4 nitrogen and oxygen atoms in total. The number of halogens is 10. The standard InChI is InChI=1S/2C6F5.2C4H8O2.2Ni/c2*7-2-1-3(8)5(10)6(11)4(2)9;2*1-2-6-4-3-5-1;;/h;;2*1-4H2;;. The van der Waals surface area contributed by atoms with Crippen LogP contribution < -0.4 is 9.07 Å². The Balaban J connectivity index is 0.000000404. The minimum absolute atomic E-state index is 0. The first-order chi connectivity index (χ1) is 16.6. The van der Waals surface area contributed by atoms with Crippen molar-refractivity contribution in [1.82, 2.24) is 0 Å². The van der Waals surface area contributed by atoms with Crippen molar-refractivity contribution in [2.45, 2.75) is 0 Å². The van der Waals surface area contributed by atoms with E-state index in [4.69, 9.17) is 18.9 Å². The Morgan fingerprint density at radius 3 is 0.667 bits per heavy atom. The normalized spacial score (nSPS) is 15.3. The number of hydrogen-bond donors (Lipinski definition) is 0. The van der Waals surface area contributed by atoms with Crippen LogP contribution in [0.5, 0.6) is 0 Å². The number of ether oxygens (including phenoxy) is 4. The fourth-order valence-electron chi connectivity index (χ4n) is 2.23. The molecule has 4 rings (SSSR count). The Hall–Kier alpha value is -1.43. The van der Waals surface area contributed by atoms with Crippen LogP contribution in [-0.4, -0.2) is 52.9 Å². The van der Waals surface area contributed by atoms with Gasteiger partial charge in [0.25, 0.3) is 0 Å². The van der Waals surface area contributed by atoms with Crippen LogP contribution in [0.1, 0.15) is 0 Å². The van der Waals surface area contributed by atoms with Crippen molar-refractivity contribution >= 4 is 9.07 Å². The van der Waals surface area contributed by atoms with Gasteiger partial charge in [-0.1, -0.05) is 0 Å². The average molecular weight is 628 g/mol. The summed E-state index contributed by atoms with van der Waals surface area (Å²) in [6, 6.07) is 0. The maximum absolute atomic E-state index is 13.4. The second-order valence-electron chi connectivity index (χ2n) is 6.23. The average Bonchev–Trinajstić information content (AvgIpc) is 2.91. The molecule has 0 spiro atoms. The van der Waals surface area contributed by atoms with Crippen LogP contribution >= 0.6 is 0 Å². The molecule has 0 amide bonds. The predicted octanol–water partition coefficient (Wildman–Crippen LogP) is 3.17. The van der Waals surface area contributed by atoms with Crippen molar-refractivity contribution in [2.24, 2.45) is 0 Å². The number of rotatable bonds is 2. The van der Waals surface area contributed by atoms with E-state index in [1.807, 2.05) is 0 Å². The molecule has 0 atom stereocenters. The molecular formula is C20H16F10Ni2O4. The molecule has 36 heavy (non-hydrogen) atoms. The molecular weight excluding hydrogens is 612 g/mol. The molecule has 0 saturated carbocycles. The summed E-state index contributed by atoms with van der Waals surface area (Å²) in [5, 5.41) is 0. The van der Waals surface area contributed by atoms with Crippen molar-refractivity contribution in [3.63, 3.8) is 0 Å². The zero-order chi connectivity index (χ0) is 26.1. The van der Waals surface area contributed by atoms with E-state index in [2.05, 4.69) is 0 Å². The molecule has 2 aromatic rings. The second kappa shape index (κ2) is 15.7. The SMILES string of the molecule is C1COCCO1.C1COCCO1.Fc1c(F)c(F)[c]([Ni][c]2c(F)c(F)c(F)c(F)c2F)c(F)c1F.[Ni]. The monoisotopic (exact) mass is 626 g/mol. The topological polar surface area (TPSA) is 36.9 Å². The largest absolute Gasteiger partial charge is 0 e. The van der Waals surface area contributed by atoms with Gasteiger partial charge < -0.3 is 18.9 Å². The van der Waals surface area contributed by atoms with Crippen molar-refractivity contribution in [2.75, 3.05) is 52.9 Å². The minimum atomic E-state index is -2.54. The molecule has 0 aliphatic carbocycles. The van der Waals surface area contributed by atoms with E-state index in [1.165, 1.54) is 0 Å². The Kier molecular flexibility index (Phi) is 14.2. The smallest absolute Gasteiger partial charge is 0 e. The molecule has 210 valence electrons. The van der Waals surface area contributed by atoms with E-state index in [9.17, 15) is 43.9 Å². The number of benzene rings is 2. The molecule has 2 saturated heterocycles. The third kappa shape index (κ3) is 8.29. The van der Waals surface area contributed by atoms with E-state index in [-0.39, 0.29) is 16.5 Å². The van der Waals surface area contributed by atoms with Gasteiger partial charge in [-0.05, 0) is 0 Å². The van der Waals surface area contributed by atoms with Gasteiger partial charge in [0.1, 0.15) is 0 Å². The van der Waals surface area contributed by atoms with E-state index < -0.39 is 81.7 Å². The first-order valence-electron chi connectivity index (χ1n) is 9.52. The van der Waals surface area contributed by atoms with Crippen LogP contribution in [0.2, 0.25) is 0 Å². The summed E-state index contributed by atoms with van der Waals surface area (Å²) in [6.45, 7) is 6.22. The van der Waals surface area contributed by atoms with E-state index >= 15 is 0 Å². The Labute approximate surface area is 213 Å². The molecule has 0 bridgehead atoms. The first-order valence-corrected chi connectivity index (χ1v) is 10.5. The molecule has 0 aromatic heterocycles. The quantitative estimate of drug-likeness (QED) is 0.222. The summed E-state index contributed by atoms with van der Waals surface area (Å²) >= 11 is -1.05. The van der Waals surface area contributed by atoms with Crippen molar-refractivity contribution < 1.29 is 93.8 Å². The van der Waals surface area contributed by atoms with Crippen LogP contribution in [0.4, 0.5) is 43.9 Å². The maximum atomic E-state index is 13.4. The van der Waals surface area contributed by atoms with Gasteiger partial charge in [-0.2, -0.15) is 0 Å². The van der Waals surface area contributed by atoms with Crippen molar-refractivity contribution in [3.05, 3.63) is 58.2 Å². The Bertz CT molecular complexity index is 860. The van der Waals surface area contributed by atoms with E-state index in [1.54, 1.807) is 0 Å². The van der Waals surface area contributed by atoms with Gasteiger partial charge in [0, 0.05) is 16.5 Å². The summed E-state index contributed by atoms with van der Waals surface area (Å²) in [5.41, 5.74) is 0. The van der Waals surface area contributed by atoms with Crippen LogP contribution in [0.15, 0.2) is 0 Å². The van der Waals surface area contributed by atoms with E-state index in [0.717, 1.165) is 52.9 Å². The van der Waals surface area contributed by atoms with Crippen LogP contribution in [0.3, 0.4) is 0 Å². The third-order valence-electron chi connectivity index (χ3n) is 3.90. The summed E-state index contributed by atoms with van der Waals surface area (Å²) in [5.74, 6) is -24.7. The maximum Gasteiger partial charge on any atom is 0 e. The van der Waals surface area contributed by atoms with Crippen LogP contribution in [0, 0.1) is 58.2 Å². The third-order valence-corrected chi connectivity index (χ3v) is 5.27. The van der Waals surface area contributed by atoms with Crippen LogP contribution in [0.25, 0.3) is 0 Å². The summed E-state index contributed by atoms with van der Waals surface area (Å²) in [7, 11) is 0. The molecule has 2 aliphatic rings. The zero-order valence-corrected chi connectivity index (χ0v) is 19.7. The van der Waals surface area contributed by atoms with Gasteiger partial charge in [0.2, 0.25) is 0 Å². The van der Waals surface area contributed by atoms with Gasteiger partial charge in [-0.15, -0.1) is 0 Å². The molecule has 2 aliphatic heterocycles. The molecule has 0 radical (unpaired) electrons.